The average Bonchev–Trinajstić information content (AvgIpc) is 2.40. The van der Waals surface area contributed by atoms with Crippen molar-refractivity contribution in [2.45, 2.75) is 13.8 Å². The van der Waals surface area contributed by atoms with Crippen molar-refractivity contribution < 1.29 is 47.9 Å². The Morgan fingerprint density at radius 3 is 1.26 bits per heavy atom. The molecular formula is C12H19O10P. The molecule has 0 amide bonds. The summed E-state index contributed by atoms with van der Waals surface area (Å²) >= 11 is 0. The molecule has 0 bridgehead atoms. The highest BCUT2D eigenvalue weighted by molar-refractivity contribution is 7.45. The lowest BCUT2D eigenvalue weighted by molar-refractivity contribution is -0.141. The first-order valence-corrected chi connectivity index (χ1v) is 7.24. The van der Waals surface area contributed by atoms with E-state index >= 15 is 0 Å². The van der Waals surface area contributed by atoms with Crippen LogP contribution in [0.3, 0.4) is 0 Å². The normalized spacial score (nSPS) is 8.91. The molecule has 0 spiro atoms. The average molecular weight is 354 g/mol. The first kappa shape index (κ1) is 25.8. The van der Waals surface area contributed by atoms with Gasteiger partial charge in [0.15, 0.2) is 12.6 Å². The van der Waals surface area contributed by atoms with E-state index in [-0.39, 0.29) is 13.2 Å². The zero-order chi connectivity index (χ0) is 19.1. The molecule has 0 aliphatic heterocycles. The maximum absolute atomic E-state index is 10.4. The Morgan fingerprint density at radius 2 is 1.13 bits per heavy atom. The molecule has 3 N–H and O–H groups in total. The van der Waals surface area contributed by atoms with Gasteiger partial charge in [-0.3, -0.25) is 9.59 Å². The third kappa shape index (κ3) is 33.0. The monoisotopic (exact) mass is 354 g/mol. The second-order valence-electron chi connectivity index (χ2n) is 3.60. The lowest BCUT2D eigenvalue weighted by Crippen LogP contribution is -2.06. The molecule has 11 heteroatoms. The molecule has 0 heterocycles. The van der Waals surface area contributed by atoms with Gasteiger partial charge in [-0.25, -0.2) is 14.2 Å². The minimum atomic E-state index is -4.64. The molecule has 0 radical (unpaired) electrons. The van der Waals surface area contributed by atoms with Gasteiger partial charge in [-0.15, -0.1) is 0 Å². The van der Waals surface area contributed by atoms with E-state index in [9.17, 15) is 19.2 Å². The lowest BCUT2D eigenvalue weighted by Gasteiger charge is -1.96. The van der Waals surface area contributed by atoms with Crippen molar-refractivity contribution >= 4 is 32.3 Å². The standard InChI is InChI=1S/2C6H8O3.H3O4P/c2*1-5(2)6(8)9-4-3-7;1-5(2,3)4/h2*3H,1,4H2,2H3;(H3,1,2,3,4). The highest BCUT2D eigenvalue weighted by Gasteiger charge is 2.01. The van der Waals surface area contributed by atoms with Gasteiger partial charge in [0.05, 0.1) is 0 Å². The van der Waals surface area contributed by atoms with Gasteiger partial charge in [-0.05, 0) is 13.8 Å². The van der Waals surface area contributed by atoms with E-state index < -0.39 is 19.8 Å². The Hall–Kier alpha value is -2.13. The number of phosphoric acid groups is 1. The van der Waals surface area contributed by atoms with Crippen LogP contribution in [-0.4, -0.2) is 52.4 Å². The van der Waals surface area contributed by atoms with Crippen LogP contribution in [0, 0.1) is 0 Å². The van der Waals surface area contributed by atoms with E-state index in [1.165, 1.54) is 13.8 Å². The van der Waals surface area contributed by atoms with E-state index in [4.69, 9.17) is 19.2 Å². The SMILES string of the molecule is C=C(C)C(=O)OCC=O.C=C(C)C(=O)OCC=O.O=P(O)(O)O. The van der Waals surface area contributed by atoms with Crippen LogP contribution in [0.4, 0.5) is 0 Å². The third-order valence-corrected chi connectivity index (χ3v) is 1.26. The van der Waals surface area contributed by atoms with Crippen molar-refractivity contribution in [3.05, 3.63) is 24.3 Å². The second kappa shape index (κ2) is 14.8. The minimum absolute atomic E-state index is 0.189. The number of carbonyl (C=O) groups excluding carboxylic acids is 4. The fourth-order valence-electron chi connectivity index (χ4n) is 0.466. The van der Waals surface area contributed by atoms with Gasteiger partial charge in [0, 0.05) is 11.1 Å². The third-order valence-electron chi connectivity index (χ3n) is 1.26. The molecule has 10 nitrogen and oxygen atoms in total. The summed E-state index contributed by atoms with van der Waals surface area (Å²) in [6.07, 6.45) is 1.03. The Kier molecular flexibility index (Phi) is 16.6. The molecule has 0 atom stereocenters. The molecule has 0 aromatic carbocycles. The maximum atomic E-state index is 10.4. The van der Waals surface area contributed by atoms with Crippen LogP contribution in [0.15, 0.2) is 24.3 Å². The van der Waals surface area contributed by atoms with Crippen LogP contribution in [-0.2, 0) is 33.2 Å². The topological polar surface area (TPSA) is 164 Å². The maximum Gasteiger partial charge on any atom is 0.466 e. The van der Waals surface area contributed by atoms with Crippen molar-refractivity contribution in [1.82, 2.24) is 0 Å². The zero-order valence-corrected chi connectivity index (χ0v) is 13.5. The first-order valence-electron chi connectivity index (χ1n) is 5.67. The molecule has 0 rings (SSSR count). The number of aldehydes is 2. The predicted octanol–water partition coefficient (Wildman–Crippen LogP) is -0.319. The molecule has 132 valence electrons. The summed E-state index contributed by atoms with van der Waals surface area (Å²) in [5, 5.41) is 0. The van der Waals surface area contributed by atoms with Gasteiger partial charge in [0.25, 0.3) is 0 Å². The summed E-state index contributed by atoms with van der Waals surface area (Å²) in [6.45, 7) is 9.30. The van der Waals surface area contributed by atoms with Crippen LogP contribution in [0.1, 0.15) is 13.8 Å². The number of rotatable bonds is 6. The van der Waals surface area contributed by atoms with Gasteiger partial charge < -0.3 is 24.2 Å². The molecular weight excluding hydrogens is 335 g/mol. The van der Waals surface area contributed by atoms with Crippen molar-refractivity contribution in [2.75, 3.05) is 13.2 Å². The number of esters is 2. The van der Waals surface area contributed by atoms with E-state index in [1.807, 2.05) is 0 Å². The molecule has 0 saturated heterocycles. The Morgan fingerprint density at radius 1 is 0.913 bits per heavy atom. The van der Waals surface area contributed by atoms with Crippen LogP contribution >= 0.6 is 7.82 Å². The minimum Gasteiger partial charge on any atom is -0.455 e. The van der Waals surface area contributed by atoms with E-state index in [0.717, 1.165) is 0 Å². The fourth-order valence-corrected chi connectivity index (χ4v) is 0.466. The van der Waals surface area contributed by atoms with Crippen LogP contribution in [0.5, 0.6) is 0 Å². The van der Waals surface area contributed by atoms with Crippen molar-refractivity contribution in [3.63, 3.8) is 0 Å². The summed E-state index contributed by atoms with van der Waals surface area (Å²) in [6, 6.07) is 0. The van der Waals surface area contributed by atoms with E-state index in [1.54, 1.807) is 0 Å². The second-order valence-corrected chi connectivity index (χ2v) is 4.63. The molecule has 0 fully saturated rings. The quantitative estimate of drug-likeness (QED) is 0.249. The molecule has 23 heavy (non-hydrogen) atoms. The Labute approximate surface area is 132 Å². The summed E-state index contributed by atoms with van der Waals surface area (Å²) < 4.78 is 17.6. The van der Waals surface area contributed by atoms with Gasteiger partial charge in [-0.1, -0.05) is 13.2 Å². The number of hydrogen-bond donors (Lipinski definition) is 3. The summed E-state index contributed by atoms with van der Waals surface area (Å²) in [4.78, 5) is 61.7. The zero-order valence-electron chi connectivity index (χ0n) is 12.6. The highest BCUT2D eigenvalue weighted by Crippen LogP contribution is 2.25. The lowest BCUT2D eigenvalue weighted by atomic mass is 10.4. The molecule has 0 aliphatic carbocycles. The van der Waals surface area contributed by atoms with Crippen LogP contribution < -0.4 is 0 Å². The number of ether oxygens (including phenoxy) is 2. The summed E-state index contributed by atoms with van der Waals surface area (Å²) in [5.41, 5.74) is 0.605. The van der Waals surface area contributed by atoms with Gasteiger partial charge in [0.2, 0.25) is 0 Å². The number of carbonyl (C=O) groups is 4. The van der Waals surface area contributed by atoms with Crippen LogP contribution in [0.25, 0.3) is 0 Å². The van der Waals surface area contributed by atoms with Gasteiger partial charge in [0.1, 0.15) is 13.2 Å². The molecule has 0 unspecified atom stereocenters. The summed E-state index contributed by atoms with van der Waals surface area (Å²) in [7, 11) is -4.64. The molecule has 0 aromatic heterocycles. The predicted molar refractivity (Wildman–Crippen MR) is 77.9 cm³/mol. The van der Waals surface area contributed by atoms with Crippen LogP contribution in [0.2, 0.25) is 0 Å². The largest absolute Gasteiger partial charge is 0.466 e. The van der Waals surface area contributed by atoms with Gasteiger partial charge in [-0.2, -0.15) is 0 Å². The molecule has 0 aliphatic rings. The molecule has 0 aromatic rings. The first-order chi connectivity index (χ1) is 10.4. The smallest absolute Gasteiger partial charge is 0.455 e. The van der Waals surface area contributed by atoms with Gasteiger partial charge >= 0.3 is 19.8 Å². The van der Waals surface area contributed by atoms with Crippen molar-refractivity contribution in [1.29, 1.82) is 0 Å². The summed E-state index contributed by atoms with van der Waals surface area (Å²) in [5.74, 6) is -1.05. The van der Waals surface area contributed by atoms with Crippen molar-refractivity contribution in [2.24, 2.45) is 0 Å². The van der Waals surface area contributed by atoms with E-state index in [0.29, 0.717) is 23.7 Å². The highest BCUT2D eigenvalue weighted by atomic mass is 31.2. The van der Waals surface area contributed by atoms with Crippen molar-refractivity contribution in [3.8, 4) is 0 Å². The van der Waals surface area contributed by atoms with E-state index in [2.05, 4.69) is 22.6 Å². The fraction of sp³-hybridized carbons (Fsp3) is 0.333. The number of hydrogen-bond acceptors (Lipinski definition) is 7. The molecule has 0 saturated carbocycles. The Balaban J connectivity index is -0.000000273. The Bertz CT molecular complexity index is 434.